The van der Waals surface area contributed by atoms with Gasteiger partial charge in [0.05, 0.1) is 11.7 Å². The van der Waals surface area contributed by atoms with Crippen molar-refractivity contribution in [3.63, 3.8) is 0 Å². The number of benzene rings is 1. The average Bonchev–Trinajstić information content (AvgIpc) is 3.12. The summed E-state index contributed by atoms with van der Waals surface area (Å²) in [6, 6.07) is 10.1. The molecule has 2 aromatic rings. The van der Waals surface area contributed by atoms with Crippen molar-refractivity contribution in [2.24, 2.45) is 5.92 Å². The Morgan fingerprint density at radius 1 is 1.05 bits per heavy atom. The summed E-state index contributed by atoms with van der Waals surface area (Å²) in [5, 5.41) is 3.69. The van der Waals surface area contributed by atoms with Crippen molar-refractivity contribution in [1.29, 1.82) is 0 Å². The molecule has 3 heterocycles. The first-order valence-electron chi connectivity index (χ1n) is 14.1. The molecule has 10 heteroatoms. The van der Waals surface area contributed by atoms with E-state index in [-0.39, 0.29) is 30.3 Å². The van der Waals surface area contributed by atoms with Crippen LogP contribution in [-0.2, 0) is 27.1 Å². The van der Waals surface area contributed by atoms with Gasteiger partial charge in [-0.2, -0.15) is 0 Å². The van der Waals surface area contributed by atoms with Gasteiger partial charge in [0.15, 0.2) is 0 Å². The number of aromatic nitrogens is 1. The molecule has 1 aliphatic carbocycles. The quantitative estimate of drug-likeness (QED) is 0.535. The van der Waals surface area contributed by atoms with E-state index in [0.29, 0.717) is 38.5 Å². The first-order valence-corrected chi connectivity index (χ1v) is 14.5. The standard InChI is InChI=1S/C29H37BClN5O3/c1-20(33-19-30-39)29(38)36-11-8-21(9-12-36)17-26(37)34-13-15-35(16-14-34)28-25-7-6-24(31)18-23(25)5-4-22-3-2-10-32-27(22)28/h2-3,6-7,10,18,20-21,28,33H,4-5,8-9,11-17,19H2,1H3. The van der Waals surface area contributed by atoms with Crippen molar-refractivity contribution in [1.82, 2.24) is 25.0 Å². The third kappa shape index (κ3) is 6.42. The van der Waals surface area contributed by atoms with Crippen LogP contribution in [0.15, 0.2) is 36.5 Å². The zero-order valence-corrected chi connectivity index (χ0v) is 23.4. The number of nitrogens with zero attached hydrogens (tertiary/aromatic N) is 4. The average molecular weight is 550 g/mol. The van der Waals surface area contributed by atoms with E-state index in [1.54, 1.807) is 6.92 Å². The molecule has 0 spiro atoms. The molecule has 206 valence electrons. The Morgan fingerprint density at radius 2 is 1.79 bits per heavy atom. The second-order valence-corrected chi connectivity index (χ2v) is 11.4. The van der Waals surface area contributed by atoms with Crippen molar-refractivity contribution in [2.45, 2.75) is 51.1 Å². The number of rotatable bonds is 7. The fourth-order valence-electron chi connectivity index (χ4n) is 6.30. The molecular weight excluding hydrogens is 513 g/mol. The Hall–Kier alpha value is -2.62. The minimum atomic E-state index is -0.371. The van der Waals surface area contributed by atoms with Crippen LogP contribution in [0.5, 0.6) is 0 Å². The number of hydrogen-bond acceptors (Lipinski definition) is 6. The Labute approximate surface area is 236 Å². The fraction of sp³-hybridized carbons (Fsp3) is 0.552. The number of nitrogens with one attached hydrogen (secondary N) is 1. The molecule has 0 saturated carbocycles. The van der Waals surface area contributed by atoms with E-state index < -0.39 is 0 Å². The summed E-state index contributed by atoms with van der Waals surface area (Å²) >= 11 is 6.36. The van der Waals surface area contributed by atoms with Crippen molar-refractivity contribution >= 4 is 30.6 Å². The molecule has 1 aromatic carbocycles. The maximum absolute atomic E-state index is 13.2. The molecule has 2 fully saturated rings. The van der Waals surface area contributed by atoms with Gasteiger partial charge in [0, 0.05) is 24.3 Å². The molecule has 8 nitrogen and oxygen atoms in total. The van der Waals surface area contributed by atoms with Crippen LogP contribution in [0.2, 0.25) is 5.02 Å². The number of likely N-dealkylation sites (tertiary alicyclic amines) is 1. The number of piperidine rings is 1. The van der Waals surface area contributed by atoms with E-state index >= 15 is 0 Å². The van der Waals surface area contributed by atoms with Crippen LogP contribution >= 0.6 is 11.6 Å². The van der Waals surface area contributed by atoms with Crippen molar-refractivity contribution in [2.75, 3.05) is 45.7 Å². The topological polar surface area (TPSA) is 85.8 Å². The Morgan fingerprint density at radius 3 is 2.54 bits per heavy atom. The molecule has 2 unspecified atom stereocenters. The number of fused-ring (bicyclic) bond motifs is 2. The van der Waals surface area contributed by atoms with E-state index in [4.69, 9.17) is 16.6 Å². The van der Waals surface area contributed by atoms with Crippen LogP contribution in [0, 0.1) is 5.92 Å². The van der Waals surface area contributed by atoms with E-state index in [0.717, 1.165) is 56.6 Å². The molecule has 5 rings (SSSR count). The summed E-state index contributed by atoms with van der Waals surface area (Å²) in [6.45, 7) is 6.12. The zero-order chi connectivity index (χ0) is 27.4. The van der Waals surface area contributed by atoms with Gasteiger partial charge in [-0.25, -0.2) is 0 Å². The molecule has 2 aliphatic heterocycles. The van der Waals surface area contributed by atoms with Crippen molar-refractivity contribution in [3.8, 4) is 0 Å². The second-order valence-electron chi connectivity index (χ2n) is 11.0. The number of carbonyl (C=O) groups excluding carboxylic acids is 2. The third-order valence-electron chi connectivity index (χ3n) is 8.55. The van der Waals surface area contributed by atoms with Crippen LogP contribution in [0.3, 0.4) is 0 Å². The minimum absolute atomic E-state index is 0.0242. The second kappa shape index (κ2) is 12.7. The molecule has 2 saturated heterocycles. The van der Waals surface area contributed by atoms with E-state index in [9.17, 15) is 14.3 Å². The van der Waals surface area contributed by atoms with Crippen LogP contribution in [0.1, 0.15) is 54.6 Å². The van der Waals surface area contributed by atoms with Crippen LogP contribution < -0.4 is 5.32 Å². The predicted molar refractivity (Wildman–Crippen MR) is 151 cm³/mol. The Kier molecular flexibility index (Phi) is 9.10. The summed E-state index contributed by atoms with van der Waals surface area (Å²) in [5.74, 6) is 0.538. The monoisotopic (exact) mass is 549 g/mol. The number of halogens is 1. The van der Waals surface area contributed by atoms with Crippen molar-refractivity contribution in [3.05, 3.63) is 63.9 Å². The zero-order valence-electron chi connectivity index (χ0n) is 22.7. The molecular formula is C29H37BClN5O3. The van der Waals surface area contributed by atoms with Gasteiger partial charge in [0.25, 0.3) is 0 Å². The number of hydrogen-bond donors (Lipinski definition) is 1. The van der Waals surface area contributed by atoms with Gasteiger partial charge >= 0.3 is 119 Å². The first-order chi connectivity index (χ1) is 18.9. The molecule has 2 atom stereocenters. The third-order valence-corrected chi connectivity index (χ3v) is 8.78. The van der Waals surface area contributed by atoms with E-state index in [1.165, 1.54) is 16.7 Å². The number of carbonyl (C=O) groups is 2. The number of pyridine rings is 1. The number of piperazine rings is 1. The molecule has 0 radical (unpaired) electrons. The fourth-order valence-corrected chi connectivity index (χ4v) is 6.50. The van der Waals surface area contributed by atoms with Crippen LogP contribution in [-0.4, -0.2) is 90.4 Å². The summed E-state index contributed by atoms with van der Waals surface area (Å²) < 4.78 is 10.6. The molecule has 3 aliphatic rings. The van der Waals surface area contributed by atoms with Crippen LogP contribution in [0.4, 0.5) is 0 Å². The summed E-state index contributed by atoms with van der Waals surface area (Å²) in [7, 11) is 0.767. The molecule has 39 heavy (non-hydrogen) atoms. The molecule has 1 aromatic heterocycles. The summed E-state index contributed by atoms with van der Waals surface area (Å²) in [6.07, 6.45) is 6.16. The SMILES string of the molecule is CC(NCB=O)C(=O)N1CCC(CC(=O)N2CCN(C3c4ccc(Cl)cc4CCc4cccnc43)CC2)CC1. The van der Waals surface area contributed by atoms with E-state index in [2.05, 4.69) is 28.4 Å². The Balaban J connectivity index is 1.17. The molecule has 2 amide bonds. The van der Waals surface area contributed by atoms with Crippen LogP contribution in [0.25, 0.3) is 0 Å². The first kappa shape index (κ1) is 27.9. The van der Waals surface area contributed by atoms with Gasteiger partial charge in [-0.3, -0.25) is 9.88 Å². The van der Waals surface area contributed by atoms with Gasteiger partial charge in [0.1, 0.15) is 0 Å². The summed E-state index contributed by atoms with van der Waals surface area (Å²) in [4.78, 5) is 37.0. The normalized spacial score (nSPS) is 20.9. The van der Waals surface area contributed by atoms with Gasteiger partial charge in [-0.15, -0.1) is 0 Å². The maximum atomic E-state index is 13.2. The van der Waals surface area contributed by atoms with Gasteiger partial charge in [-0.05, 0) is 47.7 Å². The number of aryl methyl sites for hydroxylation is 2. The van der Waals surface area contributed by atoms with E-state index in [1.807, 2.05) is 28.1 Å². The summed E-state index contributed by atoms with van der Waals surface area (Å²) in [5.41, 5.74) is 4.96. The molecule has 0 bridgehead atoms. The van der Waals surface area contributed by atoms with Gasteiger partial charge in [0.2, 0.25) is 0 Å². The van der Waals surface area contributed by atoms with Crippen molar-refractivity contribution < 1.29 is 14.3 Å². The van der Waals surface area contributed by atoms with Gasteiger partial charge < -0.3 is 0 Å². The van der Waals surface area contributed by atoms with Gasteiger partial charge in [-0.1, -0.05) is 23.7 Å². The predicted octanol–water partition coefficient (Wildman–Crippen LogP) is 2.68. The number of amides is 2. The molecule has 1 N–H and O–H groups in total. The Bertz CT molecular complexity index is 1200.